The van der Waals surface area contributed by atoms with Gasteiger partial charge >= 0.3 is 5.69 Å². The van der Waals surface area contributed by atoms with Crippen LogP contribution < -0.4 is 16.0 Å². The summed E-state index contributed by atoms with van der Waals surface area (Å²) >= 11 is 0. The van der Waals surface area contributed by atoms with E-state index in [2.05, 4.69) is 0 Å². The zero-order valence-electron chi connectivity index (χ0n) is 16.5. The lowest BCUT2D eigenvalue weighted by Crippen LogP contribution is -2.43. The van der Waals surface area contributed by atoms with Gasteiger partial charge in [-0.1, -0.05) is 12.1 Å². The standard InChI is InChI=1S/C20H24N2O7/c1-20(2)28-16-14(11-23)27-18(17(16)29-20)21-9-8-15(24)22(19(21)25)10-12-4-6-13(26-3)7-5-12/h4-9,14,16-18,23H,10-11H2,1-3H3/t14-,16-,17?,18-/m1/s1. The molecule has 1 aromatic carbocycles. The summed E-state index contributed by atoms with van der Waals surface area (Å²) in [7, 11) is 1.57. The van der Waals surface area contributed by atoms with Crippen molar-refractivity contribution in [2.24, 2.45) is 0 Å². The zero-order chi connectivity index (χ0) is 20.8. The fourth-order valence-corrected chi connectivity index (χ4v) is 3.81. The van der Waals surface area contributed by atoms with Crippen LogP contribution in [-0.4, -0.2) is 52.1 Å². The summed E-state index contributed by atoms with van der Waals surface area (Å²) in [6, 6.07) is 8.44. The molecule has 2 saturated heterocycles. The van der Waals surface area contributed by atoms with Crippen LogP contribution in [0.2, 0.25) is 0 Å². The second kappa shape index (κ2) is 7.42. The molecular formula is C20H24N2O7. The molecule has 2 fully saturated rings. The molecule has 0 radical (unpaired) electrons. The van der Waals surface area contributed by atoms with Crippen LogP contribution in [0.3, 0.4) is 0 Å². The topological polar surface area (TPSA) is 101 Å². The Bertz CT molecular complexity index is 995. The van der Waals surface area contributed by atoms with E-state index in [1.54, 1.807) is 45.2 Å². The van der Waals surface area contributed by atoms with Crippen molar-refractivity contribution in [3.05, 3.63) is 62.9 Å². The lowest BCUT2D eigenvalue weighted by atomic mass is 10.1. The fraction of sp³-hybridized carbons (Fsp3) is 0.500. The summed E-state index contributed by atoms with van der Waals surface area (Å²) in [5, 5.41) is 9.64. The molecule has 4 rings (SSSR count). The van der Waals surface area contributed by atoms with Gasteiger partial charge in [0.05, 0.1) is 20.3 Å². The molecule has 3 heterocycles. The summed E-state index contributed by atoms with van der Waals surface area (Å²) in [5.41, 5.74) is -0.161. The van der Waals surface area contributed by atoms with Gasteiger partial charge in [-0.2, -0.15) is 0 Å². The molecule has 0 spiro atoms. The lowest BCUT2D eigenvalue weighted by molar-refractivity contribution is -0.200. The van der Waals surface area contributed by atoms with Crippen LogP contribution in [0, 0.1) is 0 Å². The number of rotatable bonds is 5. The third kappa shape index (κ3) is 3.62. The average molecular weight is 404 g/mol. The third-order valence-corrected chi connectivity index (χ3v) is 5.17. The maximum absolute atomic E-state index is 13.1. The van der Waals surface area contributed by atoms with Gasteiger partial charge in [0.2, 0.25) is 0 Å². The molecule has 1 unspecified atom stereocenters. The number of aliphatic hydroxyl groups is 1. The second-order valence-corrected chi connectivity index (χ2v) is 7.59. The molecule has 2 aromatic rings. The van der Waals surface area contributed by atoms with Crippen LogP contribution in [-0.2, 0) is 20.8 Å². The lowest BCUT2D eigenvalue weighted by Gasteiger charge is -2.24. The number of hydrogen-bond donors (Lipinski definition) is 1. The predicted molar refractivity (Wildman–Crippen MR) is 102 cm³/mol. The van der Waals surface area contributed by atoms with Crippen LogP contribution in [0.1, 0.15) is 25.6 Å². The first-order chi connectivity index (χ1) is 13.8. The van der Waals surface area contributed by atoms with Crippen LogP contribution in [0.15, 0.2) is 46.1 Å². The number of hydrogen-bond acceptors (Lipinski definition) is 7. The summed E-state index contributed by atoms with van der Waals surface area (Å²) in [5.74, 6) is -0.167. The van der Waals surface area contributed by atoms with Crippen LogP contribution in [0.25, 0.3) is 0 Å². The van der Waals surface area contributed by atoms with Gasteiger partial charge in [-0.05, 0) is 31.5 Å². The van der Waals surface area contributed by atoms with E-state index in [0.717, 1.165) is 10.1 Å². The molecule has 2 aliphatic rings. The molecule has 1 aromatic heterocycles. The van der Waals surface area contributed by atoms with E-state index in [4.69, 9.17) is 18.9 Å². The molecular weight excluding hydrogens is 380 g/mol. The smallest absolute Gasteiger partial charge is 0.333 e. The number of aliphatic hydroxyl groups excluding tert-OH is 1. The number of methoxy groups -OCH3 is 1. The SMILES string of the molecule is COc1ccc(Cn2c(=O)ccn([C@@H]3O[C@H](CO)[C@H]4OC(C)(C)OC34)c2=O)cc1. The number of fused-ring (bicyclic) bond motifs is 1. The number of benzene rings is 1. The molecule has 1 N–H and O–H groups in total. The van der Waals surface area contributed by atoms with E-state index in [1.165, 1.54) is 16.8 Å². The van der Waals surface area contributed by atoms with Gasteiger partial charge in [0.15, 0.2) is 12.0 Å². The summed E-state index contributed by atoms with van der Waals surface area (Å²) in [4.78, 5) is 25.5. The van der Waals surface area contributed by atoms with Crippen molar-refractivity contribution in [2.45, 2.75) is 50.7 Å². The summed E-state index contributed by atoms with van der Waals surface area (Å²) in [6.07, 6.45) is -1.12. The Kier molecular flexibility index (Phi) is 5.07. The van der Waals surface area contributed by atoms with Crippen LogP contribution in [0.4, 0.5) is 0 Å². The highest BCUT2D eigenvalue weighted by Gasteiger charge is 2.55. The Morgan fingerprint density at radius 1 is 1.10 bits per heavy atom. The zero-order valence-corrected chi connectivity index (χ0v) is 16.5. The van der Waals surface area contributed by atoms with E-state index < -0.39 is 41.6 Å². The van der Waals surface area contributed by atoms with Gasteiger partial charge in [0.25, 0.3) is 5.56 Å². The molecule has 0 amide bonds. The monoisotopic (exact) mass is 404 g/mol. The maximum Gasteiger partial charge on any atom is 0.333 e. The Hall–Kier alpha value is -2.46. The van der Waals surface area contributed by atoms with Gasteiger partial charge in [0, 0.05) is 12.3 Å². The molecule has 0 bridgehead atoms. The highest BCUT2D eigenvalue weighted by Crippen LogP contribution is 2.42. The molecule has 9 heteroatoms. The van der Waals surface area contributed by atoms with E-state index in [-0.39, 0.29) is 13.2 Å². The largest absolute Gasteiger partial charge is 0.497 e. The minimum Gasteiger partial charge on any atom is -0.497 e. The van der Waals surface area contributed by atoms with Gasteiger partial charge in [-0.3, -0.25) is 13.9 Å². The Labute approximate surface area is 167 Å². The van der Waals surface area contributed by atoms with E-state index in [9.17, 15) is 14.7 Å². The quantitative estimate of drug-likeness (QED) is 0.773. The first-order valence-electron chi connectivity index (χ1n) is 9.40. The third-order valence-electron chi connectivity index (χ3n) is 5.17. The molecule has 156 valence electrons. The number of ether oxygens (including phenoxy) is 4. The van der Waals surface area contributed by atoms with Crippen molar-refractivity contribution >= 4 is 0 Å². The van der Waals surface area contributed by atoms with E-state index in [0.29, 0.717) is 5.75 Å². The van der Waals surface area contributed by atoms with Crippen LogP contribution >= 0.6 is 0 Å². The maximum atomic E-state index is 13.1. The Morgan fingerprint density at radius 2 is 1.79 bits per heavy atom. The highest BCUT2D eigenvalue weighted by atomic mass is 16.8. The van der Waals surface area contributed by atoms with Crippen molar-refractivity contribution in [2.75, 3.05) is 13.7 Å². The minimum absolute atomic E-state index is 0.107. The molecule has 9 nitrogen and oxygen atoms in total. The first-order valence-corrected chi connectivity index (χ1v) is 9.40. The van der Waals surface area contributed by atoms with Gasteiger partial charge in [-0.15, -0.1) is 0 Å². The van der Waals surface area contributed by atoms with Crippen molar-refractivity contribution in [3.8, 4) is 5.75 Å². The molecule has 4 atom stereocenters. The molecule has 29 heavy (non-hydrogen) atoms. The normalized spacial score (nSPS) is 27.7. The Balaban J connectivity index is 1.67. The average Bonchev–Trinajstić information content (AvgIpc) is 3.18. The first kappa shape index (κ1) is 19.8. The van der Waals surface area contributed by atoms with Gasteiger partial charge in [0.1, 0.15) is 24.1 Å². The van der Waals surface area contributed by atoms with Crippen molar-refractivity contribution in [3.63, 3.8) is 0 Å². The predicted octanol–water partition coefficient (Wildman–Crippen LogP) is 0.477. The molecule has 0 saturated carbocycles. The van der Waals surface area contributed by atoms with E-state index >= 15 is 0 Å². The van der Waals surface area contributed by atoms with Crippen molar-refractivity contribution < 1.29 is 24.1 Å². The van der Waals surface area contributed by atoms with Gasteiger partial charge < -0.3 is 24.1 Å². The van der Waals surface area contributed by atoms with Gasteiger partial charge in [-0.25, -0.2) is 4.79 Å². The number of nitrogens with zero attached hydrogens (tertiary/aromatic N) is 2. The van der Waals surface area contributed by atoms with E-state index in [1.807, 2.05) is 0 Å². The summed E-state index contributed by atoms with van der Waals surface area (Å²) < 4.78 is 25.2. The molecule has 0 aliphatic carbocycles. The highest BCUT2D eigenvalue weighted by molar-refractivity contribution is 5.27. The summed E-state index contributed by atoms with van der Waals surface area (Å²) in [6.45, 7) is 3.38. The fourth-order valence-electron chi connectivity index (χ4n) is 3.81. The number of aromatic nitrogens is 2. The minimum atomic E-state index is -0.855. The van der Waals surface area contributed by atoms with Crippen molar-refractivity contribution in [1.29, 1.82) is 0 Å². The molecule has 2 aliphatic heterocycles. The van der Waals surface area contributed by atoms with Crippen LogP contribution in [0.5, 0.6) is 5.75 Å². The van der Waals surface area contributed by atoms with Crippen molar-refractivity contribution in [1.82, 2.24) is 9.13 Å². The second-order valence-electron chi connectivity index (χ2n) is 7.59. The Morgan fingerprint density at radius 3 is 2.45 bits per heavy atom.